The van der Waals surface area contributed by atoms with Gasteiger partial charge in [-0.15, -0.1) is 0 Å². The van der Waals surface area contributed by atoms with Gasteiger partial charge in [0.25, 0.3) is 5.91 Å². The number of allylic oxidation sites excluding steroid dienone is 1. The number of hydrogen-bond acceptors (Lipinski definition) is 9. The smallest absolute Gasteiger partial charge is 0.408 e. The maximum Gasteiger partial charge on any atom is 0.408 e. The van der Waals surface area contributed by atoms with E-state index >= 15 is 0 Å². The summed E-state index contributed by atoms with van der Waals surface area (Å²) in [5.41, 5.74) is -0.512. The molecule has 6 aliphatic rings. The van der Waals surface area contributed by atoms with E-state index < -0.39 is 92.1 Å². The number of amides is 4. The van der Waals surface area contributed by atoms with E-state index in [1.807, 2.05) is 36.4 Å². The number of benzene rings is 1. The summed E-state index contributed by atoms with van der Waals surface area (Å²) in [6.45, 7) is 3.20. The molecule has 2 aromatic rings. The van der Waals surface area contributed by atoms with Gasteiger partial charge in [-0.2, -0.15) is 17.6 Å². The van der Waals surface area contributed by atoms with Gasteiger partial charge in [0.15, 0.2) is 6.10 Å². The minimum absolute atomic E-state index is 0.0109. The number of rotatable bonds is 5. The molecule has 0 radical (unpaired) electrons. The Labute approximate surface area is 333 Å². The zero-order chi connectivity index (χ0) is 41.5. The second-order valence-corrected chi connectivity index (χ2v) is 19.4. The zero-order valence-corrected chi connectivity index (χ0v) is 33.1. The van der Waals surface area contributed by atoms with Crippen LogP contribution in [0.3, 0.4) is 0 Å². The lowest BCUT2D eigenvalue weighted by molar-refractivity contribution is -0.329. The van der Waals surface area contributed by atoms with E-state index in [4.69, 9.17) is 14.5 Å². The number of fused-ring (bicyclic) bond motifs is 5. The fraction of sp³-hybridized carbons (Fsp3) is 0.625. The molecule has 18 heteroatoms. The normalized spacial score (nSPS) is 33.0. The number of carbonyl (C=O) groups is 4. The van der Waals surface area contributed by atoms with Crippen molar-refractivity contribution in [1.82, 2.24) is 25.2 Å². The minimum Gasteiger partial charge on any atom is -0.483 e. The summed E-state index contributed by atoms with van der Waals surface area (Å²) in [6.07, 6.45) is 2.74. The largest absolute Gasteiger partial charge is 0.483 e. The Morgan fingerprint density at radius 2 is 1.78 bits per heavy atom. The van der Waals surface area contributed by atoms with Crippen LogP contribution in [-0.4, -0.2) is 94.6 Å². The molecule has 13 nitrogen and oxygen atoms in total. The molecule has 1 aromatic heterocycles. The molecule has 3 aliphatic heterocycles. The Kier molecular flexibility index (Phi) is 9.78. The van der Waals surface area contributed by atoms with Gasteiger partial charge < -0.3 is 25.0 Å². The molecule has 1 saturated heterocycles. The van der Waals surface area contributed by atoms with Crippen LogP contribution in [0.25, 0.3) is 10.9 Å². The van der Waals surface area contributed by atoms with Crippen molar-refractivity contribution >= 4 is 44.7 Å². The summed E-state index contributed by atoms with van der Waals surface area (Å²) < 4.78 is 94.5. The second kappa shape index (κ2) is 14.1. The Morgan fingerprint density at radius 3 is 2.47 bits per heavy atom. The number of hydrogen-bond donors (Lipinski definition) is 3. The van der Waals surface area contributed by atoms with E-state index in [1.165, 1.54) is 4.90 Å². The van der Waals surface area contributed by atoms with Gasteiger partial charge in [-0.3, -0.25) is 19.1 Å². The average Bonchev–Trinajstić information content (AvgIpc) is 3.83. The van der Waals surface area contributed by atoms with Crippen LogP contribution in [0.15, 0.2) is 36.4 Å². The van der Waals surface area contributed by atoms with Crippen molar-refractivity contribution in [2.75, 3.05) is 6.54 Å². The van der Waals surface area contributed by atoms with Gasteiger partial charge in [-0.05, 0) is 77.7 Å². The highest BCUT2D eigenvalue weighted by molar-refractivity contribution is 7.91. The lowest BCUT2D eigenvalue weighted by Gasteiger charge is -2.48. The highest BCUT2D eigenvalue weighted by atomic mass is 32.2. The van der Waals surface area contributed by atoms with Crippen molar-refractivity contribution in [3.8, 4) is 5.75 Å². The number of sulfonamides is 1. The molecule has 314 valence electrons. The molecule has 4 fully saturated rings. The fourth-order valence-electron chi connectivity index (χ4n) is 9.04. The van der Waals surface area contributed by atoms with Crippen LogP contribution in [0.5, 0.6) is 5.75 Å². The molecule has 4 amide bonds. The minimum atomic E-state index is -4.58. The van der Waals surface area contributed by atoms with Crippen molar-refractivity contribution in [2.45, 2.75) is 143 Å². The number of aromatic nitrogens is 1. The van der Waals surface area contributed by atoms with Gasteiger partial charge in [0.05, 0.1) is 28.9 Å². The lowest BCUT2D eigenvalue weighted by atomic mass is 9.65. The number of nitrogens with one attached hydrogen (secondary N) is 3. The highest BCUT2D eigenvalue weighted by Crippen LogP contribution is 2.53. The molecule has 3 aliphatic carbocycles. The molecule has 1 spiro atoms. The second-order valence-electron chi connectivity index (χ2n) is 17.2. The third kappa shape index (κ3) is 6.76. The number of para-hydroxylation sites is 1. The van der Waals surface area contributed by atoms with E-state index in [1.54, 1.807) is 13.8 Å². The average molecular weight is 834 g/mol. The number of alkyl carbamates (subject to hydrolysis) is 1. The summed E-state index contributed by atoms with van der Waals surface area (Å²) >= 11 is 0. The SMILES string of the molecule is Cc1nc2ccccc2c2c1O[C@]1(CC2)C[C@H]2C(=O)N[C@]3(C(=O)NS(=O)(=O)C4(C)CC4)CC[C@H]3/C=C\CCCCC[C@H](NC(=O)OC3CC(F)(F)C3(F)F)C(=O)N2C1. The molecule has 6 atom stereocenters. The van der Waals surface area contributed by atoms with Crippen LogP contribution in [0, 0.1) is 12.8 Å². The summed E-state index contributed by atoms with van der Waals surface area (Å²) in [5, 5.41) is 6.10. The topological polar surface area (TPSA) is 173 Å². The number of aryl methyl sites for hydroxylation is 2. The van der Waals surface area contributed by atoms with Crippen LogP contribution >= 0.6 is 0 Å². The van der Waals surface area contributed by atoms with Gasteiger partial charge in [-0.1, -0.05) is 43.2 Å². The molecule has 3 saturated carbocycles. The first kappa shape index (κ1) is 40.3. The summed E-state index contributed by atoms with van der Waals surface area (Å²) in [6, 6.07) is 4.89. The number of ether oxygens (including phenoxy) is 2. The van der Waals surface area contributed by atoms with Crippen LogP contribution in [0.2, 0.25) is 0 Å². The number of halogens is 4. The van der Waals surface area contributed by atoms with Gasteiger partial charge in [0.2, 0.25) is 21.8 Å². The van der Waals surface area contributed by atoms with Crippen molar-refractivity contribution in [3.63, 3.8) is 0 Å². The van der Waals surface area contributed by atoms with E-state index in [-0.39, 0.29) is 25.8 Å². The summed E-state index contributed by atoms with van der Waals surface area (Å²) in [7, 11) is -4.09. The van der Waals surface area contributed by atoms with Crippen molar-refractivity contribution in [1.29, 1.82) is 0 Å². The van der Waals surface area contributed by atoms with Crippen LogP contribution < -0.4 is 20.1 Å². The first-order valence-corrected chi connectivity index (χ1v) is 21.4. The first-order valence-electron chi connectivity index (χ1n) is 20.0. The molecule has 0 bridgehead atoms. The van der Waals surface area contributed by atoms with Gasteiger partial charge in [-0.25, -0.2) is 18.2 Å². The number of nitrogens with zero attached hydrogens (tertiary/aromatic N) is 2. The molecule has 3 N–H and O–H groups in total. The van der Waals surface area contributed by atoms with Crippen molar-refractivity contribution in [3.05, 3.63) is 47.7 Å². The first-order chi connectivity index (χ1) is 27.3. The predicted octanol–water partition coefficient (Wildman–Crippen LogP) is 5.13. The van der Waals surface area contributed by atoms with Crippen molar-refractivity contribution < 1.29 is 54.6 Å². The van der Waals surface area contributed by atoms with E-state index in [9.17, 15) is 45.2 Å². The molecule has 1 unspecified atom stereocenters. The number of alkyl halides is 4. The third-order valence-electron chi connectivity index (χ3n) is 13.2. The van der Waals surface area contributed by atoms with Crippen LogP contribution in [0.1, 0.15) is 95.2 Å². The predicted molar refractivity (Wildman–Crippen MR) is 201 cm³/mol. The Bertz CT molecular complexity index is 2200. The molecular formula is C40H47F4N5O8S. The maximum atomic E-state index is 14.7. The Hall–Kier alpha value is -4.48. The standard InChI is InChI=1S/C40H47F4N5O8S/c1-23-31-26(25-11-8-9-12-27(25)45-23)15-16-37(57-31)20-29-32(50)47-38(34(52)48-58(54,55)36(2)18-19-36)17-14-24(38)10-6-4-3-5-7-13-28(33(51)49(29)22-37)46-35(53)56-30-21-39(41,42)40(30,43)44/h6,8-12,24,28-30H,3-5,7,13-22H2,1-2H3,(H,46,53)(H,47,50)(H,48,52)/b10-6-/t24-,28+,29+,30?,37-,38-/m1/s1. The van der Waals surface area contributed by atoms with Gasteiger partial charge in [0.1, 0.15) is 29.0 Å². The molecule has 58 heavy (non-hydrogen) atoms. The van der Waals surface area contributed by atoms with Gasteiger partial charge >= 0.3 is 17.9 Å². The Morgan fingerprint density at radius 1 is 1.02 bits per heavy atom. The summed E-state index contributed by atoms with van der Waals surface area (Å²) in [5.74, 6) is -11.4. The molecular weight excluding hydrogens is 787 g/mol. The monoisotopic (exact) mass is 833 g/mol. The van der Waals surface area contributed by atoms with Crippen LogP contribution in [-0.2, 0) is 35.6 Å². The van der Waals surface area contributed by atoms with E-state index in [0.717, 1.165) is 16.5 Å². The Balaban J connectivity index is 1.12. The maximum absolute atomic E-state index is 14.7. The number of carbonyl (C=O) groups excluding carboxylic acids is 4. The van der Waals surface area contributed by atoms with Gasteiger partial charge in [0, 0.05) is 23.3 Å². The lowest BCUT2D eigenvalue weighted by Crippen LogP contribution is -2.70. The quantitative estimate of drug-likeness (QED) is 0.273. The fourth-order valence-corrected chi connectivity index (χ4v) is 10.3. The zero-order valence-electron chi connectivity index (χ0n) is 32.3. The van der Waals surface area contributed by atoms with E-state index in [0.29, 0.717) is 69.2 Å². The summed E-state index contributed by atoms with van der Waals surface area (Å²) in [4.78, 5) is 62.5. The molecule has 4 heterocycles. The molecule has 1 aromatic carbocycles. The van der Waals surface area contributed by atoms with E-state index in [2.05, 4.69) is 15.4 Å². The third-order valence-corrected chi connectivity index (χ3v) is 15.4. The van der Waals surface area contributed by atoms with Crippen molar-refractivity contribution in [2.24, 2.45) is 5.92 Å². The highest BCUT2D eigenvalue weighted by Gasteiger charge is 2.74. The molecule has 8 rings (SSSR count). The number of pyridine rings is 1. The van der Waals surface area contributed by atoms with Crippen LogP contribution in [0.4, 0.5) is 22.4 Å².